The van der Waals surface area contributed by atoms with E-state index in [0.717, 1.165) is 6.54 Å². The number of methoxy groups -OCH3 is 1. The molecular weight excluding hydrogens is 236 g/mol. The monoisotopic (exact) mass is 258 g/mol. The summed E-state index contributed by atoms with van der Waals surface area (Å²) < 4.78 is 9.94. The van der Waals surface area contributed by atoms with Crippen molar-refractivity contribution in [1.82, 2.24) is 10.6 Å². The lowest BCUT2D eigenvalue weighted by Crippen LogP contribution is -2.46. The lowest BCUT2D eigenvalue weighted by atomic mass is 9.93. The van der Waals surface area contributed by atoms with Gasteiger partial charge in [0.2, 0.25) is 5.91 Å². The van der Waals surface area contributed by atoms with Crippen molar-refractivity contribution in [2.45, 2.75) is 26.3 Å². The molecule has 0 spiro atoms. The quantitative estimate of drug-likeness (QED) is 0.661. The Morgan fingerprint density at radius 3 is 2.78 bits per heavy atom. The molecule has 0 bridgehead atoms. The van der Waals surface area contributed by atoms with Gasteiger partial charge in [-0.15, -0.1) is 0 Å². The van der Waals surface area contributed by atoms with Gasteiger partial charge in [-0.2, -0.15) is 0 Å². The molecule has 1 atom stereocenters. The van der Waals surface area contributed by atoms with Crippen LogP contribution in [0, 0.1) is 5.41 Å². The Hall–Kier alpha value is -1.14. The van der Waals surface area contributed by atoms with Crippen LogP contribution < -0.4 is 10.6 Å². The predicted octanol–water partition coefficient (Wildman–Crippen LogP) is -0.320. The SMILES string of the molecule is COC(=O)C(C)(C)CNC(=O)CC1COCCN1. The van der Waals surface area contributed by atoms with Crippen molar-refractivity contribution in [3.05, 3.63) is 0 Å². The fourth-order valence-corrected chi connectivity index (χ4v) is 1.71. The third-order valence-electron chi connectivity index (χ3n) is 2.90. The Labute approximate surface area is 107 Å². The minimum atomic E-state index is -0.707. The number of ether oxygens (including phenoxy) is 2. The van der Waals surface area contributed by atoms with Crippen molar-refractivity contribution in [3.63, 3.8) is 0 Å². The summed E-state index contributed by atoms with van der Waals surface area (Å²) in [6.45, 7) is 5.75. The molecule has 6 nitrogen and oxygen atoms in total. The number of amides is 1. The van der Waals surface area contributed by atoms with Crippen molar-refractivity contribution in [1.29, 1.82) is 0 Å². The third-order valence-corrected chi connectivity index (χ3v) is 2.90. The Morgan fingerprint density at radius 1 is 1.50 bits per heavy atom. The minimum absolute atomic E-state index is 0.0555. The van der Waals surface area contributed by atoms with Crippen molar-refractivity contribution in [2.75, 3.05) is 33.4 Å². The summed E-state index contributed by atoms with van der Waals surface area (Å²) in [7, 11) is 1.34. The number of hydrogen-bond donors (Lipinski definition) is 2. The molecular formula is C12H22N2O4. The Balaban J connectivity index is 2.29. The van der Waals surface area contributed by atoms with Crippen LogP contribution in [0.3, 0.4) is 0 Å². The summed E-state index contributed by atoms with van der Waals surface area (Å²) in [4.78, 5) is 23.1. The number of nitrogens with one attached hydrogen (secondary N) is 2. The van der Waals surface area contributed by atoms with Gasteiger partial charge in [-0.05, 0) is 13.8 Å². The third kappa shape index (κ3) is 4.62. The first-order valence-corrected chi connectivity index (χ1v) is 6.12. The van der Waals surface area contributed by atoms with E-state index in [1.807, 2.05) is 0 Å². The summed E-state index contributed by atoms with van der Waals surface area (Å²) >= 11 is 0. The normalized spacial score (nSPS) is 20.3. The second-order valence-corrected chi connectivity index (χ2v) is 5.08. The van der Waals surface area contributed by atoms with E-state index in [1.54, 1.807) is 13.8 Å². The van der Waals surface area contributed by atoms with Crippen molar-refractivity contribution >= 4 is 11.9 Å². The minimum Gasteiger partial charge on any atom is -0.469 e. The molecule has 0 aromatic carbocycles. The first-order valence-electron chi connectivity index (χ1n) is 6.12. The van der Waals surface area contributed by atoms with Gasteiger partial charge in [-0.3, -0.25) is 9.59 Å². The molecule has 0 radical (unpaired) electrons. The highest BCUT2D eigenvalue weighted by Crippen LogP contribution is 2.15. The Morgan fingerprint density at radius 2 is 2.22 bits per heavy atom. The van der Waals surface area contributed by atoms with Crippen LogP contribution in [0.4, 0.5) is 0 Å². The Kier molecular flexibility index (Phi) is 5.55. The van der Waals surface area contributed by atoms with E-state index in [2.05, 4.69) is 15.4 Å². The van der Waals surface area contributed by atoms with Crippen molar-refractivity contribution < 1.29 is 19.1 Å². The van der Waals surface area contributed by atoms with Gasteiger partial charge < -0.3 is 20.1 Å². The molecule has 1 aliphatic heterocycles. The molecule has 1 rings (SSSR count). The van der Waals surface area contributed by atoms with Crippen LogP contribution in [-0.4, -0.2) is 51.3 Å². The molecule has 1 unspecified atom stereocenters. The van der Waals surface area contributed by atoms with E-state index in [-0.39, 0.29) is 24.5 Å². The standard InChI is InChI=1S/C12H22N2O4/c1-12(2,11(16)17-3)8-14-10(15)6-9-7-18-5-4-13-9/h9,13H,4-8H2,1-3H3,(H,14,15). The lowest BCUT2D eigenvalue weighted by molar-refractivity contribution is -0.150. The zero-order chi connectivity index (χ0) is 13.6. The molecule has 104 valence electrons. The maximum atomic E-state index is 11.7. The molecule has 2 N–H and O–H groups in total. The lowest BCUT2D eigenvalue weighted by Gasteiger charge is -2.25. The average Bonchev–Trinajstić information content (AvgIpc) is 2.36. The van der Waals surface area contributed by atoms with E-state index >= 15 is 0 Å². The zero-order valence-corrected chi connectivity index (χ0v) is 11.2. The van der Waals surface area contributed by atoms with Crippen LogP contribution in [0.15, 0.2) is 0 Å². The molecule has 0 aliphatic carbocycles. The number of esters is 1. The number of hydrogen-bond acceptors (Lipinski definition) is 5. The van der Waals surface area contributed by atoms with Crippen LogP contribution in [0.25, 0.3) is 0 Å². The largest absolute Gasteiger partial charge is 0.469 e. The molecule has 1 fully saturated rings. The van der Waals surface area contributed by atoms with Gasteiger partial charge in [0, 0.05) is 25.6 Å². The zero-order valence-electron chi connectivity index (χ0n) is 11.2. The van der Waals surface area contributed by atoms with Crippen LogP contribution in [0.5, 0.6) is 0 Å². The first kappa shape index (κ1) is 14.9. The number of carbonyl (C=O) groups is 2. The molecule has 0 saturated carbocycles. The van der Waals surface area contributed by atoms with Gasteiger partial charge in [0.05, 0.1) is 25.7 Å². The second kappa shape index (κ2) is 6.70. The average molecular weight is 258 g/mol. The summed E-state index contributed by atoms with van der Waals surface area (Å²) in [5, 5.41) is 5.95. The molecule has 1 aliphatic rings. The molecule has 1 saturated heterocycles. The van der Waals surface area contributed by atoms with Gasteiger partial charge in [0.25, 0.3) is 0 Å². The first-order chi connectivity index (χ1) is 8.45. The van der Waals surface area contributed by atoms with Crippen LogP contribution >= 0.6 is 0 Å². The van der Waals surface area contributed by atoms with E-state index in [9.17, 15) is 9.59 Å². The van der Waals surface area contributed by atoms with E-state index in [4.69, 9.17) is 4.74 Å². The fraction of sp³-hybridized carbons (Fsp3) is 0.833. The van der Waals surface area contributed by atoms with Crippen LogP contribution in [-0.2, 0) is 19.1 Å². The smallest absolute Gasteiger partial charge is 0.313 e. The molecule has 1 heterocycles. The topological polar surface area (TPSA) is 76.7 Å². The summed E-state index contributed by atoms with van der Waals surface area (Å²) in [5.41, 5.74) is -0.707. The van der Waals surface area contributed by atoms with Gasteiger partial charge >= 0.3 is 5.97 Å². The van der Waals surface area contributed by atoms with Gasteiger partial charge in [-0.25, -0.2) is 0 Å². The highest BCUT2D eigenvalue weighted by atomic mass is 16.5. The number of rotatable bonds is 5. The van der Waals surface area contributed by atoms with Gasteiger partial charge in [-0.1, -0.05) is 0 Å². The summed E-state index contributed by atoms with van der Waals surface area (Å²) in [6.07, 6.45) is 0.358. The summed E-state index contributed by atoms with van der Waals surface area (Å²) in [6, 6.07) is 0.0555. The molecule has 0 aromatic rings. The fourth-order valence-electron chi connectivity index (χ4n) is 1.71. The predicted molar refractivity (Wildman–Crippen MR) is 66.0 cm³/mol. The van der Waals surface area contributed by atoms with Crippen molar-refractivity contribution in [3.8, 4) is 0 Å². The molecule has 1 amide bonds. The van der Waals surface area contributed by atoms with Crippen LogP contribution in [0.1, 0.15) is 20.3 Å². The van der Waals surface area contributed by atoms with E-state index < -0.39 is 5.41 Å². The second-order valence-electron chi connectivity index (χ2n) is 5.08. The van der Waals surface area contributed by atoms with Crippen LogP contribution in [0.2, 0.25) is 0 Å². The maximum absolute atomic E-state index is 11.7. The van der Waals surface area contributed by atoms with Gasteiger partial charge in [0.1, 0.15) is 0 Å². The van der Waals surface area contributed by atoms with E-state index in [1.165, 1.54) is 7.11 Å². The molecule has 0 aromatic heterocycles. The Bertz CT molecular complexity index is 298. The number of carbonyl (C=O) groups excluding carboxylic acids is 2. The molecule has 6 heteroatoms. The number of morpholine rings is 1. The summed E-state index contributed by atoms with van der Waals surface area (Å²) in [5.74, 6) is -0.420. The van der Waals surface area contributed by atoms with E-state index in [0.29, 0.717) is 19.6 Å². The highest BCUT2D eigenvalue weighted by molar-refractivity contribution is 5.79. The maximum Gasteiger partial charge on any atom is 0.313 e. The molecule has 18 heavy (non-hydrogen) atoms. The van der Waals surface area contributed by atoms with Crippen molar-refractivity contribution in [2.24, 2.45) is 5.41 Å². The van der Waals surface area contributed by atoms with Gasteiger partial charge in [0.15, 0.2) is 0 Å². The highest BCUT2D eigenvalue weighted by Gasteiger charge is 2.29.